The molecule has 1 rings (SSSR count). The lowest BCUT2D eigenvalue weighted by molar-refractivity contribution is -0.142. The maximum atomic E-state index is 10.6. The van der Waals surface area contributed by atoms with Crippen LogP contribution in [-0.4, -0.2) is 5.97 Å². The highest BCUT2D eigenvalue weighted by atomic mass is 35.5. The van der Waals surface area contributed by atoms with Gasteiger partial charge in [0.2, 0.25) is 0 Å². The molecule has 3 nitrogen and oxygen atoms in total. The van der Waals surface area contributed by atoms with E-state index in [1.165, 1.54) is 6.92 Å². The second-order valence-corrected chi connectivity index (χ2v) is 3.49. The second-order valence-electron chi connectivity index (χ2n) is 2.71. The van der Waals surface area contributed by atoms with Crippen LogP contribution in [0.15, 0.2) is 12.1 Å². The summed E-state index contributed by atoms with van der Waals surface area (Å²) in [6, 6.07) is 3.21. The van der Waals surface area contributed by atoms with E-state index in [-0.39, 0.29) is 12.6 Å². The van der Waals surface area contributed by atoms with Gasteiger partial charge in [0.1, 0.15) is 6.61 Å². The number of esters is 1. The number of nitrogen functional groups attached to an aromatic ring is 1. The lowest BCUT2D eigenvalue weighted by atomic mass is 10.2. The van der Waals surface area contributed by atoms with Crippen molar-refractivity contribution in [3.05, 3.63) is 27.7 Å². The van der Waals surface area contributed by atoms with Gasteiger partial charge in [-0.1, -0.05) is 23.2 Å². The van der Waals surface area contributed by atoms with Crippen LogP contribution < -0.4 is 5.73 Å². The van der Waals surface area contributed by atoms with Crippen molar-refractivity contribution < 1.29 is 9.53 Å². The first-order valence-electron chi connectivity index (χ1n) is 3.88. The van der Waals surface area contributed by atoms with Crippen molar-refractivity contribution in [2.24, 2.45) is 0 Å². The first-order valence-corrected chi connectivity index (χ1v) is 4.63. The Hall–Kier alpha value is -0.930. The molecule has 0 aliphatic carbocycles. The molecule has 2 N–H and O–H groups in total. The van der Waals surface area contributed by atoms with Gasteiger partial charge >= 0.3 is 5.97 Å². The summed E-state index contributed by atoms with van der Waals surface area (Å²) < 4.78 is 4.78. The third-order valence-electron chi connectivity index (χ3n) is 1.64. The normalized spacial score (nSPS) is 9.93. The van der Waals surface area contributed by atoms with Crippen LogP contribution >= 0.6 is 23.2 Å². The molecule has 0 aromatic heterocycles. The van der Waals surface area contributed by atoms with Crippen LogP contribution in [0.5, 0.6) is 0 Å². The molecule has 0 saturated carbocycles. The van der Waals surface area contributed by atoms with Crippen molar-refractivity contribution >= 4 is 34.9 Å². The van der Waals surface area contributed by atoms with E-state index < -0.39 is 0 Å². The van der Waals surface area contributed by atoms with Gasteiger partial charge < -0.3 is 10.5 Å². The Labute approximate surface area is 91.7 Å². The number of carbonyl (C=O) groups is 1. The fraction of sp³-hybridized carbons (Fsp3) is 0.222. The molecule has 0 atom stereocenters. The molecule has 0 heterocycles. The van der Waals surface area contributed by atoms with E-state index in [0.717, 1.165) is 0 Å². The molecule has 0 saturated heterocycles. The molecule has 1 aromatic carbocycles. The predicted molar refractivity (Wildman–Crippen MR) is 56.3 cm³/mol. The molecule has 14 heavy (non-hydrogen) atoms. The number of hydrogen-bond acceptors (Lipinski definition) is 3. The molecule has 0 aliphatic heterocycles. The third-order valence-corrected chi connectivity index (χ3v) is 2.44. The number of ether oxygens (including phenoxy) is 1. The molecular weight excluding hydrogens is 225 g/mol. The Balaban J connectivity index is 2.95. The Bertz CT molecular complexity index is 366. The van der Waals surface area contributed by atoms with Gasteiger partial charge in [0.25, 0.3) is 0 Å². The SMILES string of the molecule is CC(=O)OCc1c(Cl)ccc(N)c1Cl. The number of halogens is 2. The topological polar surface area (TPSA) is 52.3 Å². The van der Waals surface area contributed by atoms with Gasteiger partial charge in [-0.05, 0) is 12.1 Å². The van der Waals surface area contributed by atoms with E-state index in [1.807, 2.05) is 0 Å². The smallest absolute Gasteiger partial charge is 0.302 e. The number of rotatable bonds is 2. The van der Waals surface area contributed by atoms with E-state index in [9.17, 15) is 4.79 Å². The van der Waals surface area contributed by atoms with Gasteiger partial charge in [-0.3, -0.25) is 4.79 Å². The zero-order valence-electron chi connectivity index (χ0n) is 7.51. The van der Waals surface area contributed by atoms with Gasteiger partial charge in [0.15, 0.2) is 0 Å². The van der Waals surface area contributed by atoms with Crippen molar-refractivity contribution in [3.8, 4) is 0 Å². The Morgan fingerprint density at radius 3 is 2.71 bits per heavy atom. The molecule has 0 spiro atoms. The number of benzene rings is 1. The summed E-state index contributed by atoms with van der Waals surface area (Å²) in [7, 11) is 0. The largest absolute Gasteiger partial charge is 0.461 e. The highest BCUT2D eigenvalue weighted by Crippen LogP contribution is 2.30. The Morgan fingerprint density at radius 2 is 2.14 bits per heavy atom. The van der Waals surface area contributed by atoms with E-state index in [2.05, 4.69) is 0 Å². The van der Waals surface area contributed by atoms with E-state index in [4.69, 9.17) is 33.7 Å². The van der Waals surface area contributed by atoms with Crippen LogP contribution in [0.1, 0.15) is 12.5 Å². The second kappa shape index (κ2) is 4.53. The molecule has 5 heteroatoms. The van der Waals surface area contributed by atoms with E-state index in [0.29, 0.717) is 21.3 Å². The third kappa shape index (κ3) is 2.53. The molecule has 0 fully saturated rings. The van der Waals surface area contributed by atoms with Crippen LogP contribution in [0.2, 0.25) is 10.0 Å². The fourth-order valence-corrected chi connectivity index (χ4v) is 1.40. The molecule has 0 radical (unpaired) electrons. The van der Waals surface area contributed by atoms with Crippen molar-refractivity contribution in [2.75, 3.05) is 5.73 Å². The molecule has 76 valence electrons. The average molecular weight is 234 g/mol. The molecule has 0 aliphatic rings. The summed E-state index contributed by atoms with van der Waals surface area (Å²) in [6.07, 6.45) is 0. The number of anilines is 1. The van der Waals surface area contributed by atoms with Gasteiger partial charge in [0, 0.05) is 17.5 Å². The van der Waals surface area contributed by atoms with Crippen LogP contribution in [0.4, 0.5) is 5.69 Å². The van der Waals surface area contributed by atoms with Gasteiger partial charge in [0.05, 0.1) is 10.7 Å². The zero-order chi connectivity index (χ0) is 10.7. The lowest BCUT2D eigenvalue weighted by Crippen LogP contribution is -2.01. The summed E-state index contributed by atoms with van der Waals surface area (Å²) in [5.74, 6) is -0.389. The predicted octanol–water partition coefficient (Wildman–Crippen LogP) is 2.64. The summed E-state index contributed by atoms with van der Waals surface area (Å²) in [5, 5.41) is 0.768. The van der Waals surface area contributed by atoms with Crippen LogP contribution in [-0.2, 0) is 16.1 Å². The fourth-order valence-electron chi connectivity index (χ4n) is 0.922. The summed E-state index contributed by atoms with van der Waals surface area (Å²) in [5.41, 5.74) is 6.51. The van der Waals surface area contributed by atoms with Crippen LogP contribution in [0.3, 0.4) is 0 Å². The summed E-state index contributed by atoms with van der Waals surface area (Å²) in [4.78, 5) is 10.6. The van der Waals surface area contributed by atoms with Gasteiger partial charge in [-0.25, -0.2) is 0 Å². The average Bonchev–Trinajstić information content (AvgIpc) is 2.11. The number of hydrogen-bond donors (Lipinski definition) is 1. The molecule has 0 unspecified atom stereocenters. The van der Waals surface area contributed by atoms with Crippen LogP contribution in [0, 0.1) is 0 Å². The first kappa shape index (κ1) is 11.1. The minimum absolute atomic E-state index is 0.0397. The molecule has 1 aromatic rings. The van der Waals surface area contributed by atoms with Gasteiger partial charge in [-0.2, -0.15) is 0 Å². The minimum Gasteiger partial charge on any atom is -0.461 e. The number of nitrogens with two attached hydrogens (primary N) is 1. The van der Waals surface area contributed by atoms with Crippen LogP contribution in [0.25, 0.3) is 0 Å². The Morgan fingerprint density at radius 1 is 1.50 bits per heavy atom. The highest BCUT2D eigenvalue weighted by molar-refractivity contribution is 6.37. The minimum atomic E-state index is -0.389. The monoisotopic (exact) mass is 233 g/mol. The maximum Gasteiger partial charge on any atom is 0.302 e. The molecule has 0 bridgehead atoms. The molecule has 0 amide bonds. The zero-order valence-corrected chi connectivity index (χ0v) is 9.02. The Kier molecular flexibility index (Phi) is 3.61. The standard InChI is InChI=1S/C9H9Cl2NO2/c1-5(13)14-4-6-7(10)2-3-8(12)9(6)11/h2-3H,4,12H2,1H3. The maximum absolute atomic E-state index is 10.6. The van der Waals surface area contributed by atoms with Crippen molar-refractivity contribution in [1.82, 2.24) is 0 Å². The van der Waals surface area contributed by atoms with E-state index >= 15 is 0 Å². The van der Waals surface area contributed by atoms with Crippen molar-refractivity contribution in [1.29, 1.82) is 0 Å². The number of carbonyl (C=O) groups excluding carboxylic acids is 1. The quantitative estimate of drug-likeness (QED) is 0.632. The van der Waals surface area contributed by atoms with E-state index in [1.54, 1.807) is 12.1 Å². The first-order chi connectivity index (χ1) is 6.52. The van der Waals surface area contributed by atoms with Gasteiger partial charge in [-0.15, -0.1) is 0 Å². The summed E-state index contributed by atoms with van der Waals surface area (Å²) >= 11 is 11.7. The molecular formula is C9H9Cl2NO2. The summed E-state index contributed by atoms with van der Waals surface area (Å²) in [6.45, 7) is 1.35. The van der Waals surface area contributed by atoms with Crippen molar-refractivity contribution in [2.45, 2.75) is 13.5 Å². The lowest BCUT2D eigenvalue weighted by Gasteiger charge is -2.08. The highest BCUT2D eigenvalue weighted by Gasteiger charge is 2.09. The van der Waals surface area contributed by atoms with Crippen molar-refractivity contribution in [3.63, 3.8) is 0 Å².